The molecule has 0 aromatic rings. The van der Waals surface area contributed by atoms with Crippen LogP contribution in [-0.4, -0.2) is 18.5 Å². The summed E-state index contributed by atoms with van der Waals surface area (Å²) in [5.74, 6) is 0.253. The van der Waals surface area contributed by atoms with Crippen molar-refractivity contribution < 1.29 is 4.79 Å². The SMILES string of the molecule is CCC1(C(=O)NCCC(C)N)CCCC1. The molecule has 0 aromatic heterocycles. The Labute approximate surface area is 92.8 Å². The summed E-state index contributed by atoms with van der Waals surface area (Å²) in [6.45, 7) is 4.81. The van der Waals surface area contributed by atoms with E-state index in [1.165, 1.54) is 12.8 Å². The fourth-order valence-electron chi connectivity index (χ4n) is 2.39. The van der Waals surface area contributed by atoms with Gasteiger partial charge < -0.3 is 11.1 Å². The molecule has 1 rings (SSSR count). The van der Waals surface area contributed by atoms with Crippen molar-refractivity contribution in [3.63, 3.8) is 0 Å². The highest BCUT2D eigenvalue weighted by Gasteiger charge is 2.38. The van der Waals surface area contributed by atoms with Gasteiger partial charge in [0.25, 0.3) is 0 Å². The fourth-order valence-corrected chi connectivity index (χ4v) is 2.39. The largest absolute Gasteiger partial charge is 0.356 e. The molecular weight excluding hydrogens is 188 g/mol. The maximum atomic E-state index is 12.0. The van der Waals surface area contributed by atoms with Crippen molar-refractivity contribution in [2.45, 2.75) is 58.4 Å². The molecule has 1 atom stereocenters. The van der Waals surface area contributed by atoms with Crippen LogP contribution in [0.15, 0.2) is 0 Å². The summed E-state index contributed by atoms with van der Waals surface area (Å²) in [5, 5.41) is 3.03. The number of amides is 1. The highest BCUT2D eigenvalue weighted by atomic mass is 16.2. The van der Waals surface area contributed by atoms with Gasteiger partial charge in [-0.25, -0.2) is 0 Å². The Bertz CT molecular complexity index is 208. The molecule has 88 valence electrons. The lowest BCUT2D eigenvalue weighted by Gasteiger charge is -2.26. The number of carbonyl (C=O) groups is 1. The van der Waals surface area contributed by atoms with Gasteiger partial charge in [0.15, 0.2) is 0 Å². The van der Waals surface area contributed by atoms with Gasteiger partial charge in [-0.2, -0.15) is 0 Å². The van der Waals surface area contributed by atoms with E-state index in [0.717, 1.165) is 32.2 Å². The molecule has 3 nitrogen and oxygen atoms in total. The summed E-state index contributed by atoms with van der Waals surface area (Å²) in [6.07, 6.45) is 6.37. The van der Waals surface area contributed by atoms with Gasteiger partial charge in [0, 0.05) is 18.0 Å². The predicted molar refractivity (Wildman–Crippen MR) is 62.5 cm³/mol. The van der Waals surface area contributed by atoms with Gasteiger partial charge in [0.1, 0.15) is 0 Å². The van der Waals surface area contributed by atoms with Crippen LogP contribution in [0.3, 0.4) is 0 Å². The molecule has 1 saturated carbocycles. The van der Waals surface area contributed by atoms with Crippen LogP contribution in [0.1, 0.15) is 52.4 Å². The standard InChI is InChI=1S/C12H24N2O/c1-3-12(7-4-5-8-12)11(15)14-9-6-10(2)13/h10H,3-9,13H2,1-2H3,(H,14,15). The molecular formula is C12H24N2O. The van der Waals surface area contributed by atoms with Crippen LogP contribution in [0, 0.1) is 5.41 Å². The van der Waals surface area contributed by atoms with E-state index in [2.05, 4.69) is 12.2 Å². The van der Waals surface area contributed by atoms with Crippen molar-refractivity contribution in [3.05, 3.63) is 0 Å². The summed E-state index contributed by atoms with van der Waals surface area (Å²) < 4.78 is 0. The van der Waals surface area contributed by atoms with E-state index in [0.29, 0.717) is 0 Å². The van der Waals surface area contributed by atoms with Crippen molar-refractivity contribution in [3.8, 4) is 0 Å². The highest BCUT2D eigenvalue weighted by Crippen LogP contribution is 2.40. The first-order valence-electron chi connectivity index (χ1n) is 6.14. The Morgan fingerprint density at radius 3 is 2.53 bits per heavy atom. The van der Waals surface area contributed by atoms with Crippen molar-refractivity contribution in [2.75, 3.05) is 6.54 Å². The van der Waals surface area contributed by atoms with Gasteiger partial charge in [-0.1, -0.05) is 19.8 Å². The minimum Gasteiger partial charge on any atom is -0.356 e. The second-order valence-corrected chi connectivity index (χ2v) is 4.86. The minimum atomic E-state index is -0.0577. The summed E-state index contributed by atoms with van der Waals surface area (Å²) >= 11 is 0. The van der Waals surface area contributed by atoms with Gasteiger partial charge in [-0.15, -0.1) is 0 Å². The highest BCUT2D eigenvalue weighted by molar-refractivity contribution is 5.82. The van der Waals surface area contributed by atoms with E-state index in [4.69, 9.17) is 5.73 Å². The molecule has 0 radical (unpaired) electrons. The zero-order valence-corrected chi connectivity index (χ0v) is 10.0. The number of rotatable bonds is 5. The molecule has 0 bridgehead atoms. The van der Waals surface area contributed by atoms with E-state index in [1.807, 2.05) is 6.92 Å². The number of nitrogens with one attached hydrogen (secondary N) is 1. The molecule has 1 aliphatic rings. The zero-order valence-electron chi connectivity index (χ0n) is 10.0. The van der Waals surface area contributed by atoms with E-state index in [-0.39, 0.29) is 17.4 Å². The third-order valence-corrected chi connectivity index (χ3v) is 3.60. The van der Waals surface area contributed by atoms with Crippen LogP contribution in [0.2, 0.25) is 0 Å². The first kappa shape index (κ1) is 12.5. The third kappa shape index (κ3) is 3.20. The van der Waals surface area contributed by atoms with Crippen LogP contribution in [-0.2, 0) is 4.79 Å². The van der Waals surface area contributed by atoms with Crippen molar-refractivity contribution in [1.29, 1.82) is 0 Å². The average Bonchev–Trinajstić information content (AvgIpc) is 2.66. The number of nitrogens with two attached hydrogens (primary N) is 1. The monoisotopic (exact) mass is 212 g/mol. The Balaban J connectivity index is 2.37. The molecule has 0 aliphatic heterocycles. The summed E-state index contributed by atoms with van der Waals surface area (Å²) in [4.78, 5) is 12.0. The van der Waals surface area contributed by atoms with Gasteiger partial charge in [-0.3, -0.25) is 4.79 Å². The minimum absolute atomic E-state index is 0.0577. The lowest BCUT2D eigenvalue weighted by molar-refractivity contribution is -0.131. The Hall–Kier alpha value is -0.570. The summed E-state index contributed by atoms with van der Waals surface area (Å²) in [7, 11) is 0. The zero-order chi connectivity index (χ0) is 11.3. The third-order valence-electron chi connectivity index (χ3n) is 3.60. The molecule has 1 amide bonds. The fraction of sp³-hybridized carbons (Fsp3) is 0.917. The Kier molecular flexibility index (Phi) is 4.58. The molecule has 0 aromatic carbocycles. The van der Waals surface area contributed by atoms with Crippen LogP contribution in [0.4, 0.5) is 0 Å². The van der Waals surface area contributed by atoms with Crippen molar-refractivity contribution in [2.24, 2.45) is 11.1 Å². The number of carbonyl (C=O) groups excluding carboxylic acids is 1. The number of hydrogen-bond acceptors (Lipinski definition) is 2. The van der Waals surface area contributed by atoms with Gasteiger partial charge in [-0.05, 0) is 32.6 Å². The molecule has 15 heavy (non-hydrogen) atoms. The average molecular weight is 212 g/mol. The second kappa shape index (κ2) is 5.50. The normalized spacial score (nSPS) is 21.3. The maximum absolute atomic E-state index is 12.0. The van der Waals surface area contributed by atoms with Crippen LogP contribution < -0.4 is 11.1 Å². The number of hydrogen-bond donors (Lipinski definition) is 2. The quantitative estimate of drug-likeness (QED) is 0.730. The molecule has 0 saturated heterocycles. The predicted octanol–water partition coefficient (Wildman–Crippen LogP) is 1.81. The Morgan fingerprint density at radius 1 is 1.47 bits per heavy atom. The van der Waals surface area contributed by atoms with Gasteiger partial charge >= 0.3 is 0 Å². The molecule has 0 heterocycles. The molecule has 3 heteroatoms. The lowest BCUT2D eigenvalue weighted by Crippen LogP contribution is -2.40. The summed E-state index contributed by atoms with van der Waals surface area (Å²) in [6, 6.07) is 0.173. The molecule has 1 aliphatic carbocycles. The van der Waals surface area contributed by atoms with E-state index in [1.54, 1.807) is 0 Å². The first-order chi connectivity index (χ1) is 7.10. The summed E-state index contributed by atoms with van der Waals surface area (Å²) in [5.41, 5.74) is 5.59. The van der Waals surface area contributed by atoms with Gasteiger partial charge in [0.05, 0.1) is 0 Å². The lowest BCUT2D eigenvalue weighted by atomic mass is 9.82. The van der Waals surface area contributed by atoms with Crippen LogP contribution in [0.5, 0.6) is 0 Å². The van der Waals surface area contributed by atoms with E-state index >= 15 is 0 Å². The van der Waals surface area contributed by atoms with E-state index < -0.39 is 0 Å². The van der Waals surface area contributed by atoms with Crippen molar-refractivity contribution in [1.82, 2.24) is 5.32 Å². The van der Waals surface area contributed by atoms with E-state index in [9.17, 15) is 4.79 Å². The molecule has 3 N–H and O–H groups in total. The molecule has 1 fully saturated rings. The van der Waals surface area contributed by atoms with Crippen molar-refractivity contribution >= 4 is 5.91 Å². The van der Waals surface area contributed by atoms with Gasteiger partial charge in [0.2, 0.25) is 5.91 Å². The van der Waals surface area contributed by atoms with Crippen LogP contribution in [0.25, 0.3) is 0 Å². The topological polar surface area (TPSA) is 55.1 Å². The smallest absolute Gasteiger partial charge is 0.226 e. The Morgan fingerprint density at radius 2 is 2.07 bits per heavy atom. The second-order valence-electron chi connectivity index (χ2n) is 4.86. The van der Waals surface area contributed by atoms with Crippen LogP contribution >= 0.6 is 0 Å². The maximum Gasteiger partial charge on any atom is 0.226 e. The molecule has 1 unspecified atom stereocenters. The molecule has 0 spiro atoms. The first-order valence-corrected chi connectivity index (χ1v) is 6.14.